The summed E-state index contributed by atoms with van der Waals surface area (Å²) in [6, 6.07) is 0.455. The minimum absolute atomic E-state index is 0.455. The van der Waals surface area contributed by atoms with Gasteiger partial charge in [-0.05, 0) is 31.6 Å². The Hall–Kier alpha value is -0.220. The second kappa shape index (κ2) is 6.80. The molecule has 1 aliphatic carbocycles. The lowest BCUT2D eigenvalue weighted by Gasteiger charge is -2.38. The summed E-state index contributed by atoms with van der Waals surface area (Å²) < 4.78 is 5.11. The lowest BCUT2D eigenvalue weighted by molar-refractivity contribution is 0.187. The molecule has 0 aromatic rings. The highest BCUT2D eigenvalue weighted by Gasteiger charge is 2.34. The molecule has 0 aromatic carbocycles. The maximum atomic E-state index is 5.11. The van der Waals surface area contributed by atoms with Gasteiger partial charge in [0.2, 0.25) is 0 Å². The maximum Gasteiger partial charge on any atom is 0.156 e. The van der Waals surface area contributed by atoms with Crippen LogP contribution < -0.4 is 5.32 Å². The van der Waals surface area contributed by atoms with Crippen LogP contribution in [0.25, 0.3) is 0 Å². The molecule has 2 aliphatic rings. The van der Waals surface area contributed by atoms with E-state index in [4.69, 9.17) is 9.73 Å². The molecule has 0 bridgehead atoms. The number of rotatable bonds is 4. The van der Waals surface area contributed by atoms with Crippen LogP contribution in [0.5, 0.6) is 0 Å². The standard InChI is InChI=1S/C14H26N2OS/c1-12(6-9-17-2)16-13-15-10-14(11-18-13)7-4-3-5-8-14/h12H,3-11H2,1-2H3,(H,15,16). The lowest BCUT2D eigenvalue weighted by atomic mass is 9.75. The van der Waals surface area contributed by atoms with Gasteiger partial charge >= 0.3 is 0 Å². The first kappa shape index (κ1) is 14.2. The van der Waals surface area contributed by atoms with Gasteiger partial charge in [-0.1, -0.05) is 31.0 Å². The molecule has 18 heavy (non-hydrogen) atoms. The predicted octanol–water partition coefficient (Wildman–Crippen LogP) is 3.05. The normalized spacial score (nSPS) is 24.7. The fourth-order valence-corrected chi connectivity index (χ4v) is 4.08. The Bertz CT molecular complexity index is 288. The Morgan fingerprint density at radius 2 is 2.17 bits per heavy atom. The summed E-state index contributed by atoms with van der Waals surface area (Å²) in [5.41, 5.74) is 0.532. The van der Waals surface area contributed by atoms with Gasteiger partial charge < -0.3 is 10.1 Å². The van der Waals surface area contributed by atoms with Crippen molar-refractivity contribution in [2.75, 3.05) is 26.0 Å². The first-order valence-corrected chi connectivity index (χ1v) is 8.15. The number of nitrogens with zero attached hydrogens (tertiary/aromatic N) is 1. The van der Waals surface area contributed by atoms with Crippen molar-refractivity contribution in [3.05, 3.63) is 0 Å². The van der Waals surface area contributed by atoms with Crippen molar-refractivity contribution in [2.45, 2.75) is 51.5 Å². The first-order chi connectivity index (χ1) is 8.74. The number of ether oxygens (including phenoxy) is 1. The second-order valence-corrected chi connectivity index (χ2v) is 6.76. The quantitative estimate of drug-likeness (QED) is 0.852. The average molecular weight is 270 g/mol. The van der Waals surface area contributed by atoms with Gasteiger partial charge in [0.25, 0.3) is 0 Å². The molecule has 104 valence electrons. The molecular weight excluding hydrogens is 244 g/mol. The largest absolute Gasteiger partial charge is 0.385 e. The molecule has 1 atom stereocenters. The van der Waals surface area contributed by atoms with Crippen molar-refractivity contribution in [1.82, 2.24) is 5.32 Å². The summed E-state index contributed by atoms with van der Waals surface area (Å²) in [5.74, 6) is 1.26. The number of thioether (sulfide) groups is 1. The molecule has 3 nitrogen and oxygen atoms in total. The summed E-state index contributed by atoms with van der Waals surface area (Å²) in [6.45, 7) is 4.06. The van der Waals surface area contributed by atoms with Crippen molar-refractivity contribution >= 4 is 16.9 Å². The second-order valence-electron chi connectivity index (χ2n) is 5.80. The summed E-state index contributed by atoms with van der Waals surface area (Å²) in [5, 5.41) is 4.66. The SMILES string of the molecule is COCCC(C)NC1=NCC2(CCCCC2)CS1. The summed E-state index contributed by atoms with van der Waals surface area (Å²) in [6.07, 6.45) is 8.05. The fraction of sp³-hybridized carbons (Fsp3) is 0.929. The van der Waals surface area contributed by atoms with Gasteiger partial charge in [-0.2, -0.15) is 0 Å². The third-order valence-electron chi connectivity index (χ3n) is 4.11. The predicted molar refractivity (Wildman–Crippen MR) is 79.4 cm³/mol. The highest BCUT2D eigenvalue weighted by Crippen LogP contribution is 2.41. The summed E-state index contributed by atoms with van der Waals surface area (Å²) in [7, 11) is 1.76. The van der Waals surface area contributed by atoms with E-state index in [0.717, 1.165) is 24.7 Å². The molecule has 1 N–H and O–H groups in total. The minimum Gasteiger partial charge on any atom is -0.385 e. The van der Waals surface area contributed by atoms with Crippen molar-refractivity contribution < 1.29 is 4.74 Å². The zero-order chi connectivity index (χ0) is 12.8. The molecule has 0 radical (unpaired) electrons. The van der Waals surface area contributed by atoms with Crippen LogP contribution in [0.1, 0.15) is 45.4 Å². The van der Waals surface area contributed by atoms with Crippen molar-refractivity contribution in [2.24, 2.45) is 10.4 Å². The van der Waals surface area contributed by atoms with E-state index in [9.17, 15) is 0 Å². The number of aliphatic imine (C=N–C) groups is 1. The molecule has 1 aliphatic heterocycles. The van der Waals surface area contributed by atoms with Gasteiger partial charge in [-0.15, -0.1) is 0 Å². The zero-order valence-corrected chi connectivity index (χ0v) is 12.5. The number of methoxy groups -OCH3 is 1. The molecule has 0 saturated heterocycles. The third kappa shape index (κ3) is 3.89. The molecule has 2 rings (SSSR count). The Kier molecular flexibility index (Phi) is 5.37. The number of hydrogen-bond acceptors (Lipinski definition) is 4. The minimum atomic E-state index is 0.455. The van der Waals surface area contributed by atoms with E-state index in [2.05, 4.69) is 12.2 Å². The zero-order valence-electron chi connectivity index (χ0n) is 11.7. The van der Waals surface area contributed by atoms with Crippen molar-refractivity contribution in [3.63, 3.8) is 0 Å². The Morgan fingerprint density at radius 3 is 2.78 bits per heavy atom. The Morgan fingerprint density at radius 1 is 1.39 bits per heavy atom. The van der Waals surface area contributed by atoms with E-state index in [-0.39, 0.29) is 0 Å². The van der Waals surface area contributed by atoms with Gasteiger partial charge in [-0.25, -0.2) is 0 Å². The van der Waals surface area contributed by atoms with Crippen LogP contribution in [-0.2, 0) is 4.74 Å². The van der Waals surface area contributed by atoms with Gasteiger partial charge in [0.15, 0.2) is 5.17 Å². The lowest BCUT2D eigenvalue weighted by Crippen LogP contribution is -2.39. The van der Waals surface area contributed by atoms with E-state index in [1.165, 1.54) is 37.9 Å². The molecule has 0 aromatic heterocycles. The summed E-state index contributed by atoms with van der Waals surface area (Å²) >= 11 is 1.93. The smallest absolute Gasteiger partial charge is 0.156 e. The van der Waals surface area contributed by atoms with E-state index in [1.54, 1.807) is 7.11 Å². The van der Waals surface area contributed by atoms with Gasteiger partial charge in [0.1, 0.15) is 0 Å². The van der Waals surface area contributed by atoms with Gasteiger partial charge in [0.05, 0.1) is 0 Å². The average Bonchev–Trinajstić information content (AvgIpc) is 2.40. The number of nitrogens with one attached hydrogen (secondary N) is 1. The molecule has 1 spiro atoms. The molecule has 4 heteroatoms. The van der Waals surface area contributed by atoms with Crippen LogP contribution in [0.2, 0.25) is 0 Å². The van der Waals surface area contributed by atoms with Crippen LogP contribution in [0.15, 0.2) is 4.99 Å². The van der Waals surface area contributed by atoms with Gasteiger partial charge in [0, 0.05) is 32.1 Å². The topological polar surface area (TPSA) is 33.6 Å². The third-order valence-corrected chi connectivity index (χ3v) is 5.39. The highest BCUT2D eigenvalue weighted by atomic mass is 32.2. The molecule has 0 amide bonds. The molecular formula is C14H26N2OS. The fourth-order valence-electron chi connectivity index (χ4n) is 2.82. The highest BCUT2D eigenvalue weighted by molar-refractivity contribution is 8.13. The number of amidine groups is 1. The van der Waals surface area contributed by atoms with Crippen molar-refractivity contribution in [3.8, 4) is 0 Å². The Labute approximate surface area is 115 Å². The molecule has 1 fully saturated rings. The van der Waals surface area contributed by atoms with E-state index < -0.39 is 0 Å². The van der Waals surface area contributed by atoms with Crippen LogP contribution in [-0.4, -0.2) is 37.2 Å². The van der Waals surface area contributed by atoms with Crippen molar-refractivity contribution in [1.29, 1.82) is 0 Å². The maximum absolute atomic E-state index is 5.11. The van der Waals surface area contributed by atoms with Crippen LogP contribution in [0, 0.1) is 5.41 Å². The molecule has 1 heterocycles. The van der Waals surface area contributed by atoms with Crippen LogP contribution in [0.4, 0.5) is 0 Å². The Balaban J connectivity index is 1.79. The van der Waals surface area contributed by atoms with E-state index in [0.29, 0.717) is 11.5 Å². The van der Waals surface area contributed by atoms with E-state index in [1.807, 2.05) is 11.8 Å². The first-order valence-electron chi connectivity index (χ1n) is 7.17. The summed E-state index contributed by atoms with van der Waals surface area (Å²) in [4.78, 5) is 4.78. The molecule has 1 saturated carbocycles. The molecule has 1 unspecified atom stereocenters. The van der Waals surface area contributed by atoms with Gasteiger partial charge in [-0.3, -0.25) is 4.99 Å². The van der Waals surface area contributed by atoms with Crippen LogP contribution in [0.3, 0.4) is 0 Å². The van der Waals surface area contributed by atoms with Crippen LogP contribution >= 0.6 is 11.8 Å². The number of hydrogen-bond donors (Lipinski definition) is 1. The van der Waals surface area contributed by atoms with E-state index >= 15 is 0 Å². The monoisotopic (exact) mass is 270 g/mol.